The summed E-state index contributed by atoms with van der Waals surface area (Å²) in [7, 11) is -1.18. The van der Waals surface area contributed by atoms with Crippen LogP contribution in [-0.2, 0) is 14.8 Å². The molecule has 0 saturated heterocycles. The molecule has 0 saturated carbocycles. The largest absolute Gasteiger partial charge is 0.497 e. The summed E-state index contributed by atoms with van der Waals surface area (Å²) in [5, 5.41) is 2.60. The van der Waals surface area contributed by atoms with Crippen LogP contribution in [0.15, 0.2) is 47.4 Å². The van der Waals surface area contributed by atoms with Crippen LogP contribution in [0.2, 0.25) is 0 Å². The predicted molar refractivity (Wildman–Crippen MR) is 97.4 cm³/mol. The first-order chi connectivity index (χ1) is 12.8. The minimum absolute atomic E-state index is 0.0520. The molecule has 27 heavy (non-hydrogen) atoms. The summed E-state index contributed by atoms with van der Waals surface area (Å²) in [5.41, 5.74) is 0.353. The number of methoxy groups -OCH3 is 2. The smallest absolute Gasteiger partial charge is 0.269 e. The molecular formula is C18H18N2O6S. The van der Waals surface area contributed by atoms with Crippen molar-refractivity contribution >= 4 is 27.5 Å². The van der Waals surface area contributed by atoms with E-state index in [1.165, 1.54) is 39.3 Å². The Labute approximate surface area is 156 Å². The maximum Gasteiger partial charge on any atom is 0.269 e. The van der Waals surface area contributed by atoms with Crippen molar-refractivity contribution in [3.05, 3.63) is 48.0 Å². The summed E-state index contributed by atoms with van der Waals surface area (Å²) in [6.07, 6.45) is 0. The fraction of sp³-hybridized carbons (Fsp3) is 0.222. The highest BCUT2D eigenvalue weighted by Crippen LogP contribution is 2.33. The second-order valence-electron chi connectivity index (χ2n) is 5.83. The molecule has 0 bridgehead atoms. The van der Waals surface area contributed by atoms with Crippen molar-refractivity contribution in [1.29, 1.82) is 0 Å². The van der Waals surface area contributed by atoms with E-state index >= 15 is 0 Å². The van der Waals surface area contributed by atoms with Crippen molar-refractivity contribution in [3.63, 3.8) is 0 Å². The molecule has 0 unspecified atom stereocenters. The number of benzene rings is 2. The summed E-state index contributed by atoms with van der Waals surface area (Å²) in [6.45, 7) is 1.35. The van der Waals surface area contributed by atoms with E-state index in [1.54, 1.807) is 24.3 Å². The van der Waals surface area contributed by atoms with Crippen molar-refractivity contribution < 1.29 is 27.5 Å². The molecule has 1 atom stereocenters. The average Bonchev–Trinajstić information content (AvgIpc) is 2.87. The molecule has 2 aromatic carbocycles. The zero-order chi connectivity index (χ0) is 19.8. The second-order valence-corrected chi connectivity index (χ2v) is 7.62. The topological polar surface area (TPSA) is 102 Å². The number of rotatable bonds is 5. The van der Waals surface area contributed by atoms with Gasteiger partial charge in [0.25, 0.3) is 15.9 Å². The molecule has 9 heteroatoms. The molecule has 1 aliphatic heterocycles. The first kappa shape index (κ1) is 18.7. The van der Waals surface area contributed by atoms with Crippen LogP contribution in [0.4, 0.5) is 5.69 Å². The van der Waals surface area contributed by atoms with Gasteiger partial charge in [-0.25, -0.2) is 12.7 Å². The molecule has 1 heterocycles. The molecule has 142 valence electrons. The highest BCUT2D eigenvalue weighted by Gasteiger charge is 2.45. The van der Waals surface area contributed by atoms with Gasteiger partial charge in [0.2, 0.25) is 5.91 Å². The molecule has 0 aromatic heterocycles. The third-order valence-corrected chi connectivity index (χ3v) is 6.16. The lowest BCUT2D eigenvalue weighted by Crippen LogP contribution is -2.45. The molecule has 0 radical (unpaired) electrons. The van der Waals surface area contributed by atoms with Crippen LogP contribution in [-0.4, -0.2) is 44.8 Å². The van der Waals surface area contributed by atoms with Crippen molar-refractivity contribution in [2.75, 3.05) is 19.5 Å². The minimum Gasteiger partial charge on any atom is -0.497 e. The molecule has 1 aliphatic rings. The van der Waals surface area contributed by atoms with Crippen molar-refractivity contribution in [2.24, 2.45) is 0 Å². The third kappa shape index (κ3) is 3.10. The van der Waals surface area contributed by atoms with Gasteiger partial charge in [-0.3, -0.25) is 9.59 Å². The van der Waals surface area contributed by atoms with Crippen molar-refractivity contribution in [2.45, 2.75) is 17.9 Å². The highest BCUT2D eigenvalue weighted by atomic mass is 32.2. The van der Waals surface area contributed by atoms with Gasteiger partial charge in [-0.05, 0) is 31.2 Å². The second kappa shape index (κ2) is 6.92. The van der Waals surface area contributed by atoms with E-state index in [9.17, 15) is 18.0 Å². The maximum atomic E-state index is 12.7. The Kier molecular flexibility index (Phi) is 4.79. The Morgan fingerprint density at radius 2 is 1.81 bits per heavy atom. The molecule has 0 aliphatic carbocycles. The number of anilines is 1. The fourth-order valence-electron chi connectivity index (χ4n) is 2.84. The van der Waals surface area contributed by atoms with Gasteiger partial charge in [-0.2, -0.15) is 0 Å². The molecule has 3 rings (SSSR count). The Hall–Kier alpha value is -3.07. The Balaban J connectivity index is 1.90. The van der Waals surface area contributed by atoms with Crippen LogP contribution in [0.25, 0.3) is 0 Å². The summed E-state index contributed by atoms with van der Waals surface area (Å²) in [4.78, 5) is 25.1. The van der Waals surface area contributed by atoms with E-state index in [0.717, 1.165) is 0 Å². The van der Waals surface area contributed by atoms with E-state index in [4.69, 9.17) is 9.47 Å². The normalized spacial score (nSPS) is 15.8. The third-order valence-electron chi connectivity index (χ3n) is 4.25. The Morgan fingerprint density at radius 1 is 1.11 bits per heavy atom. The SMILES string of the molecule is COc1ccc(OC)c(NC(=O)[C@@H](C)N2C(=O)c3ccccc3S2(=O)=O)c1. The lowest BCUT2D eigenvalue weighted by Gasteiger charge is -2.23. The quantitative estimate of drug-likeness (QED) is 0.836. The van der Waals surface area contributed by atoms with Crippen LogP contribution in [0.3, 0.4) is 0 Å². The zero-order valence-corrected chi connectivity index (χ0v) is 15.7. The van der Waals surface area contributed by atoms with Crippen molar-refractivity contribution in [3.8, 4) is 11.5 Å². The Morgan fingerprint density at radius 3 is 2.44 bits per heavy atom. The molecule has 2 amide bonds. The number of nitrogens with zero attached hydrogens (tertiary/aromatic N) is 1. The van der Waals surface area contributed by atoms with Crippen LogP contribution < -0.4 is 14.8 Å². The number of carbonyl (C=O) groups is 2. The van der Waals surface area contributed by atoms with Gasteiger partial charge in [0.15, 0.2) is 0 Å². The number of hydrogen-bond acceptors (Lipinski definition) is 6. The first-order valence-corrected chi connectivity index (χ1v) is 9.46. The van der Waals surface area contributed by atoms with Crippen LogP contribution in [0.5, 0.6) is 11.5 Å². The van der Waals surface area contributed by atoms with Crippen LogP contribution in [0, 0.1) is 0 Å². The number of hydrogen-bond donors (Lipinski definition) is 1. The molecule has 0 spiro atoms. The van der Waals surface area contributed by atoms with Crippen molar-refractivity contribution in [1.82, 2.24) is 4.31 Å². The molecule has 0 fully saturated rings. The highest BCUT2D eigenvalue weighted by molar-refractivity contribution is 7.90. The van der Waals surface area contributed by atoms with Gasteiger partial charge in [-0.1, -0.05) is 12.1 Å². The van der Waals surface area contributed by atoms with Gasteiger partial charge in [0.1, 0.15) is 22.4 Å². The molecule has 2 aromatic rings. The van der Waals surface area contributed by atoms with E-state index in [-0.39, 0.29) is 10.5 Å². The summed E-state index contributed by atoms with van der Waals surface area (Å²) >= 11 is 0. The lowest BCUT2D eigenvalue weighted by molar-refractivity contribution is -0.118. The number of sulfonamides is 1. The molecule has 1 N–H and O–H groups in total. The lowest BCUT2D eigenvalue weighted by atomic mass is 10.2. The van der Waals surface area contributed by atoms with Gasteiger partial charge in [0.05, 0.1) is 25.5 Å². The predicted octanol–water partition coefficient (Wildman–Crippen LogP) is 1.88. The monoisotopic (exact) mass is 390 g/mol. The van der Waals surface area contributed by atoms with E-state index in [1.807, 2.05) is 0 Å². The van der Waals surface area contributed by atoms with Crippen LogP contribution >= 0.6 is 0 Å². The number of nitrogens with one attached hydrogen (secondary N) is 1. The standard InChI is InChI=1S/C18H18N2O6S/c1-11(17(21)19-14-10-12(25-2)8-9-15(14)26-3)20-18(22)13-6-4-5-7-16(13)27(20,23)24/h4-11H,1-3H3,(H,19,21)/t11-/m1/s1. The van der Waals surface area contributed by atoms with E-state index in [0.29, 0.717) is 21.5 Å². The van der Waals surface area contributed by atoms with E-state index < -0.39 is 27.9 Å². The van der Waals surface area contributed by atoms with E-state index in [2.05, 4.69) is 5.32 Å². The number of fused-ring (bicyclic) bond motifs is 1. The minimum atomic E-state index is -4.09. The fourth-order valence-corrected chi connectivity index (χ4v) is 4.57. The maximum absolute atomic E-state index is 12.7. The van der Waals surface area contributed by atoms with Gasteiger partial charge >= 0.3 is 0 Å². The number of ether oxygens (including phenoxy) is 2. The zero-order valence-electron chi connectivity index (χ0n) is 14.9. The van der Waals surface area contributed by atoms with Gasteiger partial charge in [0, 0.05) is 6.07 Å². The average molecular weight is 390 g/mol. The van der Waals surface area contributed by atoms with Gasteiger partial charge < -0.3 is 14.8 Å². The van der Waals surface area contributed by atoms with Gasteiger partial charge in [-0.15, -0.1) is 0 Å². The number of carbonyl (C=O) groups excluding carboxylic acids is 2. The Bertz CT molecular complexity index is 1020. The molecular weight excluding hydrogens is 372 g/mol. The number of amides is 2. The summed E-state index contributed by atoms with van der Waals surface area (Å²) < 4.78 is 36.3. The van der Waals surface area contributed by atoms with Crippen LogP contribution in [0.1, 0.15) is 17.3 Å². The first-order valence-electron chi connectivity index (χ1n) is 8.02. The molecule has 8 nitrogen and oxygen atoms in total. The summed E-state index contributed by atoms with van der Waals surface area (Å²) in [6, 6.07) is 9.41. The summed E-state index contributed by atoms with van der Waals surface area (Å²) in [5.74, 6) is -0.552.